The molecule has 0 aliphatic rings. The summed E-state index contributed by atoms with van der Waals surface area (Å²) >= 11 is 0. The van der Waals surface area contributed by atoms with E-state index in [1.165, 1.54) is 0 Å². The van der Waals surface area contributed by atoms with Crippen LogP contribution < -0.4 is 15.2 Å². The summed E-state index contributed by atoms with van der Waals surface area (Å²) in [4.78, 5) is 0. The van der Waals surface area contributed by atoms with Gasteiger partial charge in [0.15, 0.2) is 11.5 Å². The number of ether oxygens (including phenoxy) is 2. The molecule has 1 aromatic rings. The topological polar surface area (TPSA) is 44.5 Å². The third-order valence-electron chi connectivity index (χ3n) is 2.22. The van der Waals surface area contributed by atoms with Crippen LogP contribution in [0.4, 0.5) is 0 Å². The van der Waals surface area contributed by atoms with Gasteiger partial charge in [-0.15, -0.1) is 0 Å². The van der Waals surface area contributed by atoms with Crippen molar-refractivity contribution in [1.82, 2.24) is 0 Å². The van der Waals surface area contributed by atoms with Crippen molar-refractivity contribution in [2.75, 3.05) is 13.2 Å². The first-order valence-corrected chi connectivity index (χ1v) is 5.92. The van der Waals surface area contributed by atoms with Crippen LogP contribution in [-0.2, 0) is 6.42 Å². The fraction of sp³-hybridized carbons (Fsp3) is 0.429. The van der Waals surface area contributed by atoms with Gasteiger partial charge in [0.2, 0.25) is 0 Å². The zero-order valence-electron chi connectivity index (χ0n) is 10.6. The lowest BCUT2D eigenvalue weighted by Gasteiger charge is -2.13. The van der Waals surface area contributed by atoms with E-state index in [0.717, 1.165) is 23.5 Å². The Morgan fingerprint density at radius 3 is 2.71 bits per heavy atom. The Morgan fingerprint density at radius 1 is 1.35 bits per heavy atom. The first kappa shape index (κ1) is 13.6. The number of benzene rings is 1. The van der Waals surface area contributed by atoms with Gasteiger partial charge in [-0.25, -0.2) is 0 Å². The van der Waals surface area contributed by atoms with Gasteiger partial charge in [0.25, 0.3) is 0 Å². The van der Waals surface area contributed by atoms with Crippen LogP contribution >= 0.6 is 0 Å². The molecule has 94 valence electrons. The molecule has 0 fully saturated rings. The molecule has 0 bridgehead atoms. The maximum atomic E-state index is 5.78. The fourth-order valence-corrected chi connectivity index (χ4v) is 1.59. The van der Waals surface area contributed by atoms with E-state index in [4.69, 9.17) is 15.2 Å². The van der Waals surface area contributed by atoms with Crippen LogP contribution in [0.3, 0.4) is 0 Å². The Morgan fingerprint density at radius 2 is 2.12 bits per heavy atom. The molecule has 2 N–H and O–H groups in total. The maximum absolute atomic E-state index is 5.78. The van der Waals surface area contributed by atoms with Gasteiger partial charge in [-0.2, -0.15) is 0 Å². The van der Waals surface area contributed by atoms with Crippen LogP contribution in [0, 0.1) is 0 Å². The molecule has 1 atom stereocenters. The summed E-state index contributed by atoms with van der Waals surface area (Å²) in [6.45, 7) is 8.66. The zero-order chi connectivity index (χ0) is 12.7. The van der Waals surface area contributed by atoms with Crippen LogP contribution in [-0.4, -0.2) is 19.3 Å². The summed E-state index contributed by atoms with van der Waals surface area (Å²) in [6, 6.07) is 6.08. The third kappa shape index (κ3) is 4.49. The van der Waals surface area contributed by atoms with Crippen LogP contribution in [0.5, 0.6) is 11.5 Å². The van der Waals surface area contributed by atoms with Crippen molar-refractivity contribution in [2.24, 2.45) is 5.73 Å². The van der Waals surface area contributed by atoms with E-state index in [1.807, 2.05) is 32.0 Å². The minimum atomic E-state index is 0.143. The van der Waals surface area contributed by atoms with Gasteiger partial charge in [0.1, 0.15) is 6.61 Å². The summed E-state index contributed by atoms with van der Waals surface area (Å²) in [7, 11) is 0. The van der Waals surface area contributed by atoms with Gasteiger partial charge in [-0.1, -0.05) is 18.7 Å². The molecule has 0 saturated carbocycles. The largest absolute Gasteiger partial charge is 0.490 e. The number of nitrogens with two attached hydrogens (primary N) is 1. The van der Waals surface area contributed by atoms with Crippen LogP contribution in [0.25, 0.3) is 0 Å². The quantitative estimate of drug-likeness (QED) is 0.739. The van der Waals surface area contributed by atoms with Crippen molar-refractivity contribution in [3.63, 3.8) is 0 Å². The molecule has 0 radical (unpaired) electrons. The van der Waals surface area contributed by atoms with Crippen molar-refractivity contribution in [1.29, 1.82) is 0 Å². The minimum absolute atomic E-state index is 0.143. The lowest BCUT2D eigenvalue weighted by Crippen LogP contribution is -2.17. The van der Waals surface area contributed by atoms with Crippen molar-refractivity contribution in [2.45, 2.75) is 26.3 Å². The van der Waals surface area contributed by atoms with E-state index in [0.29, 0.717) is 13.2 Å². The van der Waals surface area contributed by atoms with Gasteiger partial charge in [0, 0.05) is 6.04 Å². The smallest absolute Gasteiger partial charge is 0.161 e. The van der Waals surface area contributed by atoms with E-state index in [2.05, 4.69) is 6.58 Å². The Kier molecular flexibility index (Phi) is 5.57. The second-order valence-electron chi connectivity index (χ2n) is 4.00. The molecule has 3 heteroatoms. The highest BCUT2D eigenvalue weighted by atomic mass is 16.5. The van der Waals surface area contributed by atoms with Crippen molar-refractivity contribution >= 4 is 0 Å². The van der Waals surface area contributed by atoms with Crippen molar-refractivity contribution in [3.8, 4) is 11.5 Å². The van der Waals surface area contributed by atoms with E-state index >= 15 is 0 Å². The molecular weight excluding hydrogens is 214 g/mol. The average Bonchev–Trinajstić information content (AvgIpc) is 2.28. The summed E-state index contributed by atoms with van der Waals surface area (Å²) < 4.78 is 11.1. The second-order valence-corrected chi connectivity index (χ2v) is 4.00. The van der Waals surface area contributed by atoms with E-state index in [9.17, 15) is 0 Å². The highest BCUT2D eigenvalue weighted by Crippen LogP contribution is 2.28. The molecule has 3 nitrogen and oxygen atoms in total. The molecule has 0 amide bonds. The number of hydrogen-bond donors (Lipinski definition) is 1. The molecule has 1 rings (SSSR count). The molecule has 17 heavy (non-hydrogen) atoms. The maximum Gasteiger partial charge on any atom is 0.161 e. The summed E-state index contributed by atoms with van der Waals surface area (Å²) in [5.41, 5.74) is 6.94. The van der Waals surface area contributed by atoms with E-state index in [1.54, 1.807) is 6.08 Å². The molecule has 0 heterocycles. The van der Waals surface area contributed by atoms with Gasteiger partial charge in [-0.05, 0) is 38.0 Å². The molecule has 0 aliphatic carbocycles. The van der Waals surface area contributed by atoms with Crippen LogP contribution in [0.1, 0.15) is 19.4 Å². The Balaban J connectivity index is 2.86. The lowest BCUT2D eigenvalue weighted by molar-refractivity contribution is 0.296. The first-order valence-electron chi connectivity index (χ1n) is 5.92. The summed E-state index contributed by atoms with van der Waals surface area (Å²) in [5.74, 6) is 1.52. The lowest BCUT2D eigenvalue weighted by atomic mass is 10.1. The predicted octanol–water partition coefficient (Wildman–Crippen LogP) is 2.54. The predicted molar refractivity (Wildman–Crippen MR) is 70.7 cm³/mol. The molecule has 0 saturated heterocycles. The standard InChI is InChI=1S/C14H21NO2/c1-4-8-17-13-7-6-12(9-11(3)15)10-14(13)16-5-2/h4,6-7,10-11H,1,5,8-9,15H2,2-3H3. The van der Waals surface area contributed by atoms with E-state index < -0.39 is 0 Å². The first-order chi connectivity index (χ1) is 8.17. The second kappa shape index (κ2) is 6.97. The number of rotatable bonds is 7. The number of hydrogen-bond acceptors (Lipinski definition) is 3. The zero-order valence-corrected chi connectivity index (χ0v) is 10.6. The van der Waals surface area contributed by atoms with Gasteiger partial charge >= 0.3 is 0 Å². The van der Waals surface area contributed by atoms with Gasteiger partial charge in [0.05, 0.1) is 6.61 Å². The minimum Gasteiger partial charge on any atom is -0.490 e. The van der Waals surface area contributed by atoms with Gasteiger partial charge in [-0.3, -0.25) is 0 Å². The molecule has 1 unspecified atom stereocenters. The van der Waals surface area contributed by atoms with Gasteiger partial charge < -0.3 is 15.2 Å². The molecule has 0 aliphatic heterocycles. The molecule has 1 aromatic carbocycles. The molecule has 0 aromatic heterocycles. The van der Waals surface area contributed by atoms with E-state index in [-0.39, 0.29) is 6.04 Å². The fourth-order valence-electron chi connectivity index (χ4n) is 1.59. The highest BCUT2D eigenvalue weighted by Gasteiger charge is 2.07. The normalized spacial score (nSPS) is 11.9. The molecular formula is C14H21NO2. The monoisotopic (exact) mass is 235 g/mol. The third-order valence-corrected chi connectivity index (χ3v) is 2.22. The Hall–Kier alpha value is -1.48. The Bertz CT molecular complexity index is 361. The van der Waals surface area contributed by atoms with Crippen molar-refractivity contribution < 1.29 is 9.47 Å². The average molecular weight is 235 g/mol. The SMILES string of the molecule is C=CCOc1ccc(CC(C)N)cc1OCC. The van der Waals surface area contributed by atoms with Crippen LogP contribution in [0.2, 0.25) is 0 Å². The summed E-state index contributed by atoms with van der Waals surface area (Å²) in [6.07, 6.45) is 2.55. The Labute approximate surface area is 103 Å². The highest BCUT2D eigenvalue weighted by molar-refractivity contribution is 5.43. The van der Waals surface area contributed by atoms with Crippen LogP contribution in [0.15, 0.2) is 30.9 Å². The van der Waals surface area contributed by atoms with Crippen molar-refractivity contribution in [3.05, 3.63) is 36.4 Å². The molecule has 0 spiro atoms. The summed E-state index contributed by atoms with van der Waals surface area (Å²) in [5, 5.41) is 0.